The zero-order valence-electron chi connectivity index (χ0n) is 14.9. The van der Waals surface area contributed by atoms with Crippen molar-refractivity contribution >= 4 is 23.3 Å². The van der Waals surface area contributed by atoms with Gasteiger partial charge in [0.25, 0.3) is 0 Å². The summed E-state index contributed by atoms with van der Waals surface area (Å²) in [6.45, 7) is 7.87. The molecule has 0 aromatic carbocycles. The summed E-state index contributed by atoms with van der Waals surface area (Å²) in [5.41, 5.74) is 1.29. The maximum Gasteiger partial charge on any atom is 0.248 e. The van der Waals surface area contributed by atoms with Crippen molar-refractivity contribution < 1.29 is 14.1 Å². The van der Waals surface area contributed by atoms with E-state index >= 15 is 0 Å². The molecule has 0 radical (unpaired) electrons. The first kappa shape index (κ1) is 17.1. The summed E-state index contributed by atoms with van der Waals surface area (Å²) in [7, 11) is 0. The minimum atomic E-state index is -0.577. The topological polar surface area (TPSA) is 88.3 Å². The summed E-state index contributed by atoms with van der Waals surface area (Å²) in [5.74, 6) is 0.683. The lowest BCUT2D eigenvalue weighted by Gasteiger charge is -2.23. The normalized spacial score (nSPS) is 17.8. The van der Waals surface area contributed by atoms with E-state index in [-0.39, 0.29) is 17.2 Å². The van der Waals surface area contributed by atoms with Crippen LogP contribution in [0, 0.1) is 6.92 Å². The number of nitrogens with one attached hydrogen (secondary N) is 1. The Balaban J connectivity index is 1.77. The van der Waals surface area contributed by atoms with E-state index in [1.807, 2.05) is 33.8 Å². The molecule has 3 heterocycles. The van der Waals surface area contributed by atoms with Gasteiger partial charge in [-0.25, -0.2) is 0 Å². The zero-order valence-corrected chi connectivity index (χ0v) is 14.9. The molecule has 1 N–H and O–H groups in total. The van der Waals surface area contributed by atoms with Crippen molar-refractivity contribution in [1.82, 2.24) is 10.1 Å². The average molecular weight is 342 g/mol. The number of hydrogen-bond donors (Lipinski definition) is 1. The largest absolute Gasteiger partial charge is 0.359 e. The third-order valence-electron chi connectivity index (χ3n) is 4.19. The van der Waals surface area contributed by atoms with Gasteiger partial charge in [-0.15, -0.1) is 0 Å². The lowest BCUT2D eigenvalue weighted by Crippen LogP contribution is -2.41. The second-order valence-corrected chi connectivity index (χ2v) is 7.29. The molecular formula is C18H22N4O3. The van der Waals surface area contributed by atoms with Crippen molar-refractivity contribution in [3.63, 3.8) is 0 Å². The first-order valence-corrected chi connectivity index (χ1v) is 8.28. The van der Waals surface area contributed by atoms with Crippen LogP contribution in [-0.2, 0) is 15.0 Å². The molecule has 0 spiro atoms. The molecule has 7 heteroatoms. The van der Waals surface area contributed by atoms with Gasteiger partial charge in [0.2, 0.25) is 11.8 Å². The van der Waals surface area contributed by atoms with Crippen LogP contribution in [0.4, 0.5) is 11.5 Å². The van der Waals surface area contributed by atoms with E-state index in [0.717, 1.165) is 5.69 Å². The third-order valence-corrected chi connectivity index (χ3v) is 4.19. The van der Waals surface area contributed by atoms with Crippen LogP contribution in [0.3, 0.4) is 0 Å². The van der Waals surface area contributed by atoms with Gasteiger partial charge in [0.15, 0.2) is 5.82 Å². The van der Waals surface area contributed by atoms with Crippen LogP contribution in [0.25, 0.3) is 0 Å². The molecule has 1 fully saturated rings. The average Bonchev–Trinajstić information content (AvgIpc) is 3.15. The monoisotopic (exact) mass is 342 g/mol. The third kappa shape index (κ3) is 3.55. The van der Waals surface area contributed by atoms with Crippen molar-refractivity contribution in [3.05, 3.63) is 35.9 Å². The van der Waals surface area contributed by atoms with E-state index in [0.29, 0.717) is 30.1 Å². The van der Waals surface area contributed by atoms with Crippen molar-refractivity contribution in [2.75, 3.05) is 10.2 Å². The van der Waals surface area contributed by atoms with Crippen molar-refractivity contribution in [1.29, 1.82) is 0 Å². The number of amides is 2. The van der Waals surface area contributed by atoms with Crippen LogP contribution in [0.1, 0.15) is 45.1 Å². The number of aromatic nitrogens is 2. The summed E-state index contributed by atoms with van der Waals surface area (Å²) in [5, 5.41) is 6.65. The number of pyridine rings is 1. The fraction of sp³-hybridized carbons (Fsp3) is 0.444. The Kier molecular flexibility index (Phi) is 4.32. The van der Waals surface area contributed by atoms with Crippen LogP contribution in [0.5, 0.6) is 0 Å². The van der Waals surface area contributed by atoms with Crippen LogP contribution in [0.15, 0.2) is 28.9 Å². The van der Waals surface area contributed by atoms with Gasteiger partial charge in [0.05, 0.1) is 11.9 Å². The van der Waals surface area contributed by atoms with E-state index in [1.54, 1.807) is 18.3 Å². The highest BCUT2D eigenvalue weighted by molar-refractivity contribution is 6.07. The summed E-state index contributed by atoms with van der Waals surface area (Å²) < 4.78 is 5.28. The Labute approximate surface area is 146 Å². The molecular weight excluding hydrogens is 320 g/mol. The van der Waals surface area contributed by atoms with Crippen LogP contribution in [0.2, 0.25) is 0 Å². The van der Waals surface area contributed by atoms with Gasteiger partial charge in [-0.05, 0) is 25.5 Å². The minimum absolute atomic E-state index is 0.0821. The summed E-state index contributed by atoms with van der Waals surface area (Å²) in [6.07, 6.45) is 2.41. The highest BCUT2D eigenvalue weighted by atomic mass is 16.5. The minimum Gasteiger partial charge on any atom is -0.359 e. The van der Waals surface area contributed by atoms with Crippen LogP contribution in [-0.4, -0.2) is 28.0 Å². The number of carbonyl (C=O) groups excluding carboxylic acids is 2. The Morgan fingerprint density at radius 1 is 1.36 bits per heavy atom. The Morgan fingerprint density at radius 2 is 2.12 bits per heavy atom. The maximum atomic E-state index is 12.7. The molecule has 1 atom stereocenters. The van der Waals surface area contributed by atoms with Gasteiger partial charge in [0.1, 0.15) is 11.8 Å². The molecule has 0 bridgehead atoms. The highest BCUT2D eigenvalue weighted by Crippen LogP contribution is 2.28. The fourth-order valence-electron chi connectivity index (χ4n) is 2.76. The van der Waals surface area contributed by atoms with Crippen molar-refractivity contribution in [3.8, 4) is 0 Å². The number of carbonyl (C=O) groups is 2. The number of aryl methyl sites for hydroxylation is 1. The van der Waals surface area contributed by atoms with E-state index < -0.39 is 6.04 Å². The molecule has 1 saturated heterocycles. The summed E-state index contributed by atoms with van der Waals surface area (Å²) in [4.78, 5) is 30.6. The Morgan fingerprint density at radius 3 is 2.72 bits per heavy atom. The first-order chi connectivity index (χ1) is 11.8. The summed E-state index contributed by atoms with van der Waals surface area (Å²) in [6, 6.07) is 4.77. The van der Waals surface area contributed by atoms with Gasteiger partial charge >= 0.3 is 0 Å². The molecule has 7 nitrogen and oxygen atoms in total. The number of hydrogen-bond acceptors (Lipinski definition) is 5. The SMILES string of the molecule is Cc1ccc(N2C(=O)CCC2C(=O)Nc2cc(C(C)(C)C)on2)cn1. The van der Waals surface area contributed by atoms with Crippen LogP contribution < -0.4 is 10.2 Å². The molecule has 0 saturated carbocycles. The van der Waals surface area contributed by atoms with E-state index in [9.17, 15) is 9.59 Å². The van der Waals surface area contributed by atoms with Gasteiger partial charge in [-0.1, -0.05) is 25.9 Å². The zero-order chi connectivity index (χ0) is 18.2. The van der Waals surface area contributed by atoms with Gasteiger partial charge in [0, 0.05) is 23.6 Å². The Hall–Kier alpha value is -2.70. The molecule has 1 unspecified atom stereocenters. The number of anilines is 2. The Bertz CT molecular complexity index is 789. The van der Waals surface area contributed by atoms with Crippen LogP contribution >= 0.6 is 0 Å². The molecule has 25 heavy (non-hydrogen) atoms. The highest BCUT2D eigenvalue weighted by Gasteiger charge is 2.37. The standard InChI is InChI=1S/C18H22N4O3/c1-11-5-6-12(10-19-11)22-13(7-8-16(22)23)17(24)20-15-9-14(25-21-15)18(2,3)4/h5-6,9-10,13H,7-8H2,1-4H3,(H,20,21,24). The molecule has 2 amide bonds. The summed E-state index contributed by atoms with van der Waals surface area (Å²) >= 11 is 0. The predicted octanol–water partition coefficient (Wildman–Crippen LogP) is 2.81. The predicted molar refractivity (Wildman–Crippen MR) is 93.3 cm³/mol. The molecule has 3 rings (SSSR count). The molecule has 2 aromatic rings. The molecule has 1 aliphatic heterocycles. The maximum absolute atomic E-state index is 12.7. The van der Waals surface area contributed by atoms with Gasteiger partial charge in [-0.3, -0.25) is 19.5 Å². The second kappa shape index (κ2) is 6.31. The van der Waals surface area contributed by atoms with Gasteiger partial charge in [-0.2, -0.15) is 0 Å². The molecule has 132 valence electrons. The second-order valence-electron chi connectivity index (χ2n) is 7.29. The van der Waals surface area contributed by atoms with Gasteiger partial charge < -0.3 is 9.84 Å². The lowest BCUT2D eigenvalue weighted by molar-refractivity contribution is -0.120. The molecule has 0 aliphatic carbocycles. The van der Waals surface area contributed by atoms with Crippen molar-refractivity contribution in [2.24, 2.45) is 0 Å². The smallest absolute Gasteiger partial charge is 0.248 e. The lowest BCUT2D eigenvalue weighted by atomic mass is 9.93. The number of nitrogens with zero attached hydrogens (tertiary/aromatic N) is 3. The van der Waals surface area contributed by atoms with E-state index in [4.69, 9.17) is 4.52 Å². The molecule has 1 aliphatic rings. The first-order valence-electron chi connectivity index (χ1n) is 8.28. The van der Waals surface area contributed by atoms with E-state index in [1.165, 1.54) is 4.90 Å². The molecule has 2 aromatic heterocycles. The van der Waals surface area contributed by atoms with E-state index in [2.05, 4.69) is 15.5 Å². The number of rotatable bonds is 3. The fourth-order valence-corrected chi connectivity index (χ4v) is 2.76. The quantitative estimate of drug-likeness (QED) is 0.926. The van der Waals surface area contributed by atoms with Crippen molar-refractivity contribution in [2.45, 2.75) is 52.0 Å².